The molecule has 0 heterocycles. The van der Waals surface area contributed by atoms with Gasteiger partial charge in [-0.25, -0.2) is 8.78 Å². The van der Waals surface area contributed by atoms with Crippen LogP contribution < -0.4 is 4.74 Å². The second-order valence-corrected chi connectivity index (χ2v) is 4.25. The van der Waals surface area contributed by atoms with E-state index in [1.165, 1.54) is 13.2 Å². The molecule has 4 nitrogen and oxygen atoms in total. The van der Waals surface area contributed by atoms with Crippen LogP contribution in [0.3, 0.4) is 0 Å². The van der Waals surface area contributed by atoms with Crippen molar-refractivity contribution in [3.63, 3.8) is 0 Å². The van der Waals surface area contributed by atoms with Gasteiger partial charge in [-0.05, 0) is 17.7 Å². The van der Waals surface area contributed by atoms with Crippen molar-refractivity contribution in [2.45, 2.75) is 6.61 Å². The first-order valence-corrected chi connectivity index (χ1v) is 6.33. The molecule has 2 aromatic rings. The van der Waals surface area contributed by atoms with Crippen LogP contribution in [0.25, 0.3) is 0 Å². The van der Waals surface area contributed by atoms with Gasteiger partial charge in [-0.15, -0.1) is 0 Å². The van der Waals surface area contributed by atoms with E-state index in [2.05, 4.69) is 9.99 Å². The van der Waals surface area contributed by atoms with Crippen molar-refractivity contribution in [2.24, 2.45) is 5.16 Å². The fraction of sp³-hybridized carbons (Fsp3) is 0.125. The van der Waals surface area contributed by atoms with Gasteiger partial charge in [0.25, 0.3) is 0 Å². The molecule has 0 radical (unpaired) electrons. The molecule has 0 amide bonds. The Kier molecular flexibility index (Phi) is 5.04. The standard InChI is InChI=1S/C16H12F2N2O2/c1-21-20-15(9-19)13-5-3-2-4-11(13)10-22-16-7-6-12(17)8-14(16)18/h2-8H,10H2,1H3/b20-15-. The van der Waals surface area contributed by atoms with Gasteiger partial charge < -0.3 is 9.57 Å². The van der Waals surface area contributed by atoms with E-state index in [0.717, 1.165) is 12.1 Å². The summed E-state index contributed by atoms with van der Waals surface area (Å²) in [5, 5.41) is 12.7. The van der Waals surface area contributed by atoms with Gasteiger partial charge in [0.15, 0.2) is 17.3 Å². The minimum Gasteiger partial charge on any atom is -0.486 e. The summed E-state index contributed by atoms with van der Waals surface area (Å²) in [6.07, 6.45) is 0. The van der Waals surface area contributed by atoms with E-state index in [9.17, 15) is 8.78 Å². The minimum atomic E-state index is -0.788. The van der Waals surface area contributed by atoms with E-state index in [1.54, 1.807) is 24.3 Å². The molecule has 0 atom stereocenters. The van der Waals surface area contributed by atoms with E-state index in [-0.39, 0.29) is 18.1 Å². The smallest absolute Gasteiger partial charge is 0.187 e. The maximum atomic E-state index is 13.5. The molecule has 0 fully saturated rings. The normalized spacial score (nSPS) is 10.9. The van der Waals surface area contributed by atoms with Crippen molar-refractivity contribution in [1.29, 1.82) is 5.26 Å². The molecule has 112 valence electrons. The predicted octanol–water partition coefficient (Wildman–Crippen LogP) is 3.42. The van der Waals surface area contributed by atoms with Gasteiger partial charge in [0.1, 0.15) is 25.6 Å². The fourth-order valence-electron chi connectivity index (χ4n) is 1.85. The largest absolute Gasteiger partial charge is 0.486 e. The molecule has 2 rings (SSSR count). The first-order chi connectivity index (χ1) is 10.7. The van der Waals surface area contributed by atoms with Gasteiger partial charge >= 0.3 is 0 Å². The number of nitrogens with zero attached hydrogens (tertiary/aromatic N) is 2. The van der Waals surface area contributed by atoms with Crippen LogP contribution in [-0.2, 0) is 11.4 Å². The highest BCUT2D eigenvalue weighted by atomic mass is 19.1. The Bertz CT molecular complexity index is 739. The van der Waals surface area contributed by atoms with Crippen molar-refractivity contribution in [3.8, 4) is 11.8 Å². The molecule has 0 N–H and O–H groups in total. The summed E-state index contributed by atoms with van der Waals surface area (Å²) in [6.45, 7) is 0.00312. The molecular weight excluding hydrogens is 290 g/mol. The molecule has 0 aliphatic carbocycles. The minimum absolute atomic E-state index is 0.00312. The van der Waals surface area contributed by atoms with Gasteiger partial charge in [-0.2, -0.15) is 5.26 Å². The average Bonchev–Trinajstić information content (AvgIpc) is 2.52. The van der Waals surface area contributed by atoms with E-state index in [1.807, 2.05) is 6.07 Å². The van der Waals surface area contributed by atoms with Gasteiger partial charge in [0.05, 0.1) is 0 Å². The van der Waals surface area contributed by atoms with Crippen molar-refractivity contribution in [2.75, 3.05) is 7.11 Å². The molecular formula is C16H12F2N2O2. The Morgan fingerprint density at radius 3 is 2.68 bits per heavy atom. The van der Waals surface area contributed by atoms with Crippen molar-refractivity contribution >= 4 is 5.71 Å². The summed E-state index contributed by atoms with van der Waals surface area (Å²) < 4.78 is 31.7. The Labute approximate surface area is 126 Å². The van der Waals surface area contributed by atoms with Crippen LogP contribution in [0, 0.1) is 23.0 Å². The molecule has 0 bridgehead atoms. The van der Waals surface area contributed by atoms with Crippen molar-refractivity contribution in [1.82, 2.24) is 0 Å². The number of hydrogen-bond acceptors (Lipinski definition) is 4. The first-order valence-electron chi connectivity index (χ1n) is 6.33. The molecule has 0 aliphatic heterocycles. The number of rotatable bonds is 5. The molecule has 0 aliphatic rings. The molecule has 6 heteroatoms. The van der Waals surface area contributed by atoms with Crippen LogP contribution in [0.15, 0.2) is 47.6 Å². The Morgan fingerprint density at radius 2 is 2.00 bits per heavy atom. The highest BCUT2D eigenvalue weighted by Gasteiger charge is 2.11. The molecule has 0 saturated carbocycles. The van der Waals surface area contributed by atoms with Crippen LogP contribution in [0.4, 0.5) is 8.78 Å². The molecule has 0 aromatic heterocycles. The fourth-order valence-corrected chi connectivity index (χ4v) is 1.85. The summed E-state index contributed by atoms with van der Waals surface area (Å²) in [7, 11) is 1.34. The summed E-state index contributed by atoms with van der Waals surface area (Å²) >= 11 is 0. The lowest BCUT2D eigenvalue weighted by Gasteiger charge is -2.10. The van der Waals surface area contributed by atoms with Gasteiger partial charge in [0, 0.05) is 11.6 Å². The van der Waals surface area contributed by atoms with E-state index >= 15 is 0 Å². The number of halogens is 2. The third-order valence-corrected chi connectivity index (χ3v) is 2.84. The zero-order chi connectivity index (χ0) is 15.9. The first kappa shape index (κ1) is 15.4. The van der Waals surface area contributed by atoms with E-state index < -0.39 is 11.6 Å². The lowest BCUT2D eigenvalue weighted by molar-refractivity contribution is 0.214. The Morgan fingerprint density at radius 1 is 1.23 bits per heavy atom. The number of nitriles is 1. The topological polar surface area (TPSA) is 54.6 Å². The zero-order valence-electron chi connectivity index (χ0n) is 11.7. The summed E-state index contributed by atoms with van der Waals surface area (Å²) in [4.78, 5) is 4.62. The summed E-state index contributed by atoms with van der Waals surface area (Å²) in [6, 6.07) is 11.9. The van der Waals surface area contributed by atoms with Crippen LogP contribution in [0.5, 0.6) is 5.75 Å². The quantitative estimate of drug-likeness (QED) is 0.628. The number of hydrogen-bond donors (Lipinski definition) is 0. The van der Waals surface area contributed by atoms with Crippen LogP contribution >= 0.6 is 0 Å². The molecule has 0 saturated heterocycles. The third-order valence-electron chi connectivity index (χ3n) is 2.84. The number of ether oxygens (including phenoxy) is 1. The SMILES string of the molecule is CO/N=C(/C#N)c1ccccc1COc1ccc(F)cc1F. The second-order valence-electron chi connectivity index (χ2n) is 4.25. The molecule has 0 unspecified atom stereocenters. The van der Waals surface area contributed by atoms with Crippen LogP contribution in [-0.4, -0.2) is 12.8 Å². The Hall–Kier alpha value is -2.94. The highest BCUT2D eigenvalue weighted by Crippen LogP contribution is 2.20. The van der Waals surface area contributed by atoms with Crippen molar-refractivity contribution in [3.05, 3.63) is 65.2 Å². The van der Waals surface area contributed by atoms with Crippen LogP contribution in [0.2, 0.25) is 0 Å². The van der Waals surface area contributed by atoms with Crippen molar-refractivity contribution < 1.29 is 18.4 Å². The molecule has 0 spiro atoms. The van der Waals surface area contributed by atoms with E-state index in [0.29, 0.717) is 11.1 Å². The number of benzene rings is 2. The molecule has 22 heavy (non-hydrogen) atoms. The zero-order valence-corrected chi connectivity index (χ0v) is 11.7. The molecule has 2 aromatic carbocycles. The predicted molar refractivity (Wildman–Crippen MR) is 76.3 cm³/mol. The monoisotopic (exact) mass is 302 g/mol. The second kappa shape index (κ2) is 7.18. The maximum Gasteiger partial charge on any atom is 0.187 e. The maximum absolute atomic E-state index is 13.5. The highest BCUT2D eigenvalue weighted by molar-refractivity contribution is 6.12. The van der Waals surface area contributed by atoms with Crippen LogP contribution in [0.1, 0.15) is 11.1 Å². The lowest BCUT2D eigenvalue weighted by atomic mass is 10.0. The van der Waals surface area contributed by atoms with Gasteiger partial charge in [-0.3, -0.25) is 0 Å². The number of oxime groups is 1. The van der Waals surface area contributed by atoms with E-state index in [4.69, 9.17) is 10.00 Å². The summed E-state index contributed by atoms with van der Waals surface area (Å²) in [5.41, 5.74) is 1.24. The van der Waals surface area contributed by atoms with Gasteiger partial charge in [-0.1, -0.05) is 29.4 Å². The lowest BCUT2D eigenvalue weighted by Crippen LogP contribution is -2.06. The average molecular weight is 302 g/mol. The Balaban J connectivity index is 2.24. The van der Waals surface area contributed by atoms with Gasteiger partial charge in [0.2, 0.25) is 0 Å². The summed E-state index contributed by atoms with van der Waals surface area (Å²) in [5.74, 6) is -1.54. The third kappa shape index (κ3) is 3.58.